The van der Waals surface area contributed by atoms with Crippen molar-refractivity contribution in [2.24, 2.45) is 11.7 Å². The lowest BCUT2D eigenvalue weighted by atomic mass is 10.1. The predicted octanol–water partition coefficient (Wildman–Crippen LogP) is 2.36. The number of methoxy groups -OCH3 is 1. The van der Waals surface area contributed by atoms with E-state index in [1.54, 1.807) is 0 Å². The van der Waals surface area contributed by atoms with Crippen LogP contribution in [0, 0.1) is 5.92 Å². The molecule has 21 heavy (non-hydrogen) atoms. The van der Waals surface area contributed by atoms with Crippen molar-refractivity contribution in [1.29, 1.82) is 0 Å². The summed E-state index contributed by atoms with van der Waals surface area (Å²) in [5.41, 5.74) is 5.94. The summed E-state index contributed by atoms with van der Waals surface area (Å²) in [6, 6.07) is 4.28. The van der Waals surface area contributed by atoms with E-state index in [1.807, 2.05) is 0 Å². The van der Waals surface area contributed by atoms with Gasteiger partial charge in [-0.05, 0) is 31.4 Å². The molecule has 1 aromatic rings. The van der Waals surface area contributed by atoms with Crippen LogP contribution in [0.5, 0.6) is 11.5 Å². The molecule has 0 saturated heterocycles. The van der Waals surface area contributed by atoms with Crippen LogP contribution in [0.25, 0.3) is 0 Å². The first-order valence-electron chi connectivity index (χ1n) is 6.69. The topological polar surface area (TPSA) is 73.6 Å². The first-order chi connectivity index (χ1) is 9.99. The molecule has 7 heteroatoms. The summed E-state index contributed by atoms with van der Waals surface area (Å²) in [5, 5.41) is 2.62. The lowest BCUT2D eigenvalue weighted by Crippen LogP contribution is -2.23. The maximum atomic E-state index is 12.4. The van der Waals surface area contributed by atoms with Crippen molar-refractivity contribution in [3.63, 3.8) is 0 Å². The molecule has 116 valence electrons. The number of hydrogen-bond acceptors (Lipinski definition) is 4. The van der Waals surface area contributed by atoms with Gasteiger partial charge in [-0.2, -0.15) is 8.78 Å². The Balaban J connectivity index is 2.14. The van der Waals surface area contributed by atoms with Gasteiger partial charge in [0.15, 0.2) is 0 Å². The average molecular weight is 300 g/mol. The number of benzene rings is 1. The van der Waals surface area contributed by atoms with Crippen molar-refractivity contribution < 1.29 is 23.0 Å². The van der Waals surface area contributed by atoms with E-state index >= 15 is 0 Å². The lowest BCUT2D eigenvalue weighted by molar-refractivity contribution is -0.119. The third kappa shape index (κ3) is 4.04. The maximum Gasteiger partial charge on any atom is 0.387 e. The Kier molecular flexibility index (Phi) is 4.95. The van der Waals surface area contributed by atoms with Crippen LogP contribution in [0.1, 0.15) is 19.3 Å². The molecule has 1 aliphatic rings. The second kappa shape index (κ2) is 6.71. The second-order valence-corrected chi connectivity index (χ2v) is 5.00. The van der Waals surface area contributed by atoms with Gasteiger partial charge < -0.3 is 20.5 Å². The minimum Gasteiger partial charge on any atom is -0.497 e. The van der Waals surface area contributed by atoms with Gasteiger partial charge >= 0.3 is 6.61 Å². The van der Waals surface area contributed by atoms with Gasteiger partial charge in [0.1, 0.15) is 11.5 Å². The smallest absolute Gasteiger partial charge is 0.387 e. The number of carbonyl (C=O) groups excluding carboxylic acids is 1. The van der Waals surface area contributed by atoms with Crippen molar-refractivity contribution in [2.75, 3.05) is 12.4 Å². The van der Waals surface area contributed by atoms with Crippen LogP contribution in [0.4, 0.5) is 14.5 Å². The number of alkyl halides is 2. The van der Waals surface area contributed by atoms with Crippen molar-refractivity contribution in [3.8, 4) is 11.5 Å². The van der Waals surface area contributed by atoms with Gasteiger partial charge in [-0.25, -0.2) is 0 Å². The Bertz CT molecular complexity index is 511. The van der Waals surface area contributed by atoms with E-state index in [2.05, 4.69) is 10.1 Å². The zero-order chi connectivity index (χ0) is 15.4. The molecule has 3 N–H and O–H groups in total. The quantitative estimate of drug-likeness (QED) is 0.875. The second-order valence-electron chi connectivity index (χ2n) is 5.00. The van der Waals surface area contributed by atoms with E-state index < -0.39 is 6.61 Å². The van der Waals surface area contributed by atoms with Gasteiger partial charge in [0.2, 0.25) is 5.91 Å². The molecule has 0 spiro atoms. The van der Waals surface area contributed by atoms with Crippen LogP contribution in [0.15, 0.2) is 18.2 Å². The van der Waals surface area contributed by atoms with Gasteiger partial charge in [-0.3, -0.25) is 4.79 Å². The number of carbonyl (C=O) groups is 1. The molecule has 5 nitrogen and oxygen atoms in total. The zero-order valence-electron chi connectivity index (χ0n) is 11.6. The van der Waals surface area contributed by atoms with Crippen LogP contribution in [0.2, 0.25) is 0 Å². The molecule has 0 bridgehead atoms. The summed E-state index contributed by atoms with van der Waals surface area (Å²) in [4.78, 5) is 12.1. The summed E-state index contributed by atoms with van der Waals surface area (Å²) in [7, 11) is 1.45. The van der Waals surface area contributed by atoms with E-state index in [0.717, 1.165) is 6.42 Å². The molecule has 2 atom stereocenters. The highest BCUT2D eigenvalue weighted by Gasteiger charge is 2.28. The monoisotopic (exact) mass is 300 g/mol. The van der Waals surface area contributed by atoms with Crippen LogP contribution < -0.4 is 20.5 Å². The predicted molar refractivity (Wildman–Crippen MR) is 73.6 cm³/mol. The van der Waals surface area contributed by atoms with E-state index in [-0.39, 0.29) is 29.3 Å². The number of nitrogens with two attached hydrogens (primary N) is 1. The fourth-order valence-corrected chi connectivity index (χ4v) is 2.42. The minimum atomic E-state index is -2.96. The van der Waals surface area contributed by atoms with Gasteiger partial charge in [0, 0.05) is 18.0 Å². The average Bonchev–Trinajstić information content (AvgIpc) is 2.87. The number of halogens is 2. The molecule has 1 aliphatic carbocycles. The molecule has 0 radical (unpaired) electrons. The van der Waals surface area contributed by atoms with Crippen molar-refractivity contribution in [2.45, 2.75) is 31.9 Å². The molecule has 2 unspecified atom stereocenters. The molecule has 1 aromatic carbocycles. The standard InChI is InChI=1S/C14H18F2N2O3/c1-20-10-4-5-12(21-14(15)16)11(7-10)18-13(19)8-2-3-9(17)6-8/h4-5,7-9,14H,2-3,6,17H2,1H3,(H,18,19). The van der Waals surface area contributed by atoms with Crippen LogP contribution in [-0.4, -0.2) is 25.7 Å². The molecular weight excluding hydrogens is 282 g/mol. The van der Waals surface area contributed by atoms with Gasteiger partial charge in [-0.15, -0.1) is 0 Å². The van der Waals surface area contributed by atoms with Gasteiger partial charge in [-0.1, -0.05) is 0 Å². The lowest BCUT2D eigenvalue weighted by Gasteiger charge is -2.15. The normalized spacial score (nSPS) is 21.4. The number of hydrogen-bond donors (Lipinski definition) is 2. The third-order valence-electron chi connectivity index (χ3n) is 3.50. The molecule has 1 amide bonds. The van der Waals surface area contributed by atoms with Crippen molar-refractivity contribution >= 4 is 11.6 Å². The summed E-state index contributed by atoms with van der Waals surface area (Å²) in [6.45, 7) is -2.96. The zero-order valence-corrected chi connectivity index (χ0v) is 11.6. The molecule has 1 saturated carbocycles. The number of amides is 1. The summed E-state index contributed by atoms with van der Waals surface area (Å²) < 4.78 is 34.2. The Labute approximate surface area is 121 Å². The first kappa shape index (κ1) is 15.5. The van der Waals surface area contributed by atoms with Crippen molar-refractivity contribution in [3.05, 3.63) is 18.2 Å². The maximum absolute atomic E-state index is 12.4. The fraction of sp³-hybridized carbons (Fsp3) is 0.500. The van der Waals surface area contributed by atoms with Crippen LogP contribution >= 0.6 is 0 Å². The SMILES string of the molecule is COc1ccc(OC(F)F)c(NC(=O)C2CCC(N)C2)c1. The van der Waals surface area contributed by atoms with E-state index in [1.165, 1.54) is 25.3 Å². The summed E-state index contributed by atoms with van der Waals surface area (Å²) in [5.74, 6) is -0.0996. The summed E-state index contributed by atoms with van der Waals surface area (Å²) in [6.07, 6.45) is 2.08. The fourth-order valence-electron chi connectivity index (χ4n) is 2.42. The summed E-state index contributed by atoms with van der Waals surface area (Å²) >= 11 is 0. The largest absolute Gasteiger partial charge is 0.497 e. The first-order valence-corrected chi connectivity index (χ1v) is 6.69. The molecule has 0 aromatic heterocycles. The minimum absolute atomic E-state index is 0.0165. The Morgan fingerprint density at radius 1 is 1.43 bits per heavy atom. The van der Waals surface area contributed by atoms with Gasteiger partial charge in [0.25, 0.3) is 0 Å². The van der Waals surface area contributed by atoms with Crippen LogP contribution in [0.3, 0.4) is 0 Å². The van der Waals surface area contributed by atoms with E-state index in [0.29, 0.717) is 18.6 Å². The van der Waals surface area contributed by atoms with Crippen LogP contribution in [-0.2, 0) is 4.79 Å². The Hall–Kier alpha value is -1.89. The van der Waals surface area contributed by atoms with E-state index in [4.69, 9.17) is 10.5 Å². The number of rotatable bonds is 5. The highest BCUT2D eigenvalue weighted by Crippen LogP contribution is 2.32. The number of nitrogens with one attached hydrogen (secondary N) is 1. The highest BCUT2D eigenvalue weighted by molar-refractivity contribution is 5.94. The Morgan fingerprint density at radius 3 is 2.76 bits per heavy atom. The van der Waals surface area contributed by atoms with Crippen molar-refractivity contribution in [1.82, 2.24) is 0 Å². The van der Waals surface area contributed by atoms with Gasteiger partial charge in [0.05, 0.1) is 12.8 Å². The molecule has 2 rings (SSSR count). The molecule has 0 aliphatic heterocycles. The number of anilines is 1. The molecule has 1 fully saturated rings. The van der Waals surface area contributed by atoms with E-state index in [9.17, 15) is 13.6 Å². The molecular formula is C14H18F2N2O3. The highest BCUT2D eigenvalue weighted by atomic mass is 19.3. The third-order valence-corrected chi connectivity index (χ3v) is 3.50. The Morgan fingerprint density at radius 2 is 2.19 bits per heavy atom. The molecule has 0 heterocycles. The number of ether oxygens (including phenoxy) is 2.